The van der Waals surface area contributed by atoms with Crippen molar-refractivity contribution in [2.24, 2.45) is 5.73 Å². The molecule has 0 saturated carbocycles. The Labute approximate surface area is 254 Å². The highest BCUT2D eigenvalue weighted by Gasteiger charge is 2.45. The Kier molecular flexibility index (Phi) is 15.7. The van der Waals surface area contributed by atoms with E-state index < -0.39 is 17.9 Å². The molecule has 9 nitrogen and oxygen atoms in total. The number of carboxylic acid groups (broad SMARTS) is 1. The number of methoxy groups -OCH3 is 1. The van der Waals surface area contributed by atoms with Crippen LogP contribution in [0.1, 0.15) is 101 Å². The molecule has 3 rings (SSSR count). The van der Waals surface area contributed by atoms with Crippen LogP contribution in [0.2, 0.25) is 0 Å². The molecule has 240 valence electrons. The fourth-order valence-corrected chi connectivity index (χ4v) is 6.63. The molecule has 2 aliphatic heterocycles. The van der Waals surface area contributed by atoms with Crippen molar-refractivity contribution in [2.75, 3.05) is 49.7 Å². The fraction of sp³-hybridized carbons (Fsp3) is 0.767. The molecule has 0 radical (unpaired) electrons. The molecule has 1 unspecified atom stereocenters. The van der Waals surface area contributed by atoms with E-state index in [-0.39, 0.29) is 30.1 Å². The summed E-state index contributed by atoms with van der Waals surface area (Å²) in [6, 6.07) is -0.413. The number of halogens is 2. The van der Waals surface area contributed by atoms with E-state index in [2.05, 4.69) is 22.5 Å². The molecule has 0 aliphatic carbocycles. The predicted molar refractivity (Wildman–Crippen MR) is 166 cm³/mol. The summed E-state index contributed by atoms with van der Waals surface area (Å²) in [6.45, 7) is 5.15. The normalized spacial score (nSPS) is 19.3. The number of amides is 2. The number of urea groups is 1. The molecular weight excluding hydrogens is 564 g/mol. The first-order valence-electron chi connectivity index (χ1n) is 15.4. The van der Waals surface area contributed by atoms with Crippen molar-refractivity contribution >= 4 is 29.4 Å². The summed E-state index contributed by atoms with van der Waals surface area (Å²) in [4.78, 5) is 27.4. The highest BCUT2D eigenvalue weighted by Crippen LogP contribution is 2.38. The molecule has 1 atom stereocenters. The van der Waals surface area contributed by atoms with Gasteiger partial charge in [-0.25, -0.2) is 23.4 Å². The average Bonchev–Trinajstić information content (AvgIpc) is 2.94. The zero-order valence-electron chi connectivity index (χ0n) is 25.6. The number of carbonyl (C=O) groups excluding carboxylic acids is 1. The SMILES string of the molecule is CCCCCCCCCCNC1(CNC(N)=O)CCCSC1.CCCc1c(N2CC(F)(F)C2)cnc(C(=O)O)c1OC. The van der Waals surface area contributed by atoms with Gasteiger partial charge in [-0.1, -0.05) is 65.2 Å². The number of unbranched alkanes of at least 4 members (excludes halogenated alkanes) is 7. The summed E-state index contributed by atoms with van der Waals surface area (Å²) in [7, 11) is 1.36. The second kappa shape index (κ2) is 18.4. The number of aromatic nitrogens is 1. The largest absolute Gasteiger partial charge is 0.494 e. The molecule has 0 aromatic carbocycles. The second-order valence-electron chi connectivity index (χ2n) is 11.3. The van der Waals surface area contributed by atoms with E-state index in [0.29, 0.717) is 24.2 Å². The highest BCUT2D eigenvalue weighted by atomic mass is 32.2. The van der Waals surface area contributed by atoms with Crippen LogP contribution in [0.25, 0.3) is 0 Å². The number of hydrogen-bond donors (Lipinski definition) is 4. The van der Waals surface area contributed by atoms with Gasteiger partial charge in [0.15, 0.2) is 11.4 Å². The Hall–Kier alpha value is -2.34. The molecule has 0 bridgehead atoms. The minimum absolute atomic E-state index is 0.0546. The van der Waals surface area contributed by atoms with E-state index in [0.717, 1.165) is 25.1 Å². The van der Waals surface area contributed by atoms with E-state index in [1.54, 1.807) is 0 Å². The lowest BCUT2D eigenvalue weighted by Gasteiger charge is -2.41. The van der Waals surface area contributed by atoms with Gasteiger partial charge in [0.1, 0.15) is 0 Å². The van der Waals surface area contributed by atoms with Gasteiger partial charge in [0.25, 0.3) is 5.92 Å². The van der Waals surface area contributed by atoms with E-state index >= 15 is 0 Å². The van der Waals surface area contributed by atoms with E-state index in [1.165, 1.54) is 81.7 Å². The van der Waals surface area contributed by atoms with Crippen LogP contribution in [-0.2, 0) is 6.42 Å². The van der Waals surface area contributed by atoms with Crippen LogP contribution in [-0.4, -0.2) is 78.3 Å². The number of carbonyl (C=O) groups is 2. The number of anilines is 1. The summed E-state index contributed by atoms with van der Waals surface area (Å²) in [5.74, 6) is -1.42. The van der Waals surface area contributed by atoms with E-state index in [4.69, 9.17) is 15.6 Å². The number of ether oxygens (including phenoxy) is 1. The van der Waals surface area contributed by atoms with Crippen LogP contribution in [0.15, 0.2) is 6.20 Å². The van der Waals surface area contributed by atoms with Gasteiger partial charge in [0, 0.05) is 23.4 Å². The third kappa shape index (κ3) is 11.7. The van der Waals surface area contributed by atoms with Crippen LogP contribution >= 0.6 is 11.8 Å². The topological polar surface area (TPSA) is 130 Å². The molecule has 1 aromatic rings. The molecule has 2 aliphatic rings. The summed E-state index contributed by atoms with van der Waals surface area (Å²) in [5, 5.41) is 15.6. The van der Waals surface area contributed by atoms with E-state index in [9.17, 15) is 18.4 Å². The van der Waals surface area contributed by atoms with Gasteiger partial charge in [-0.2, -0.15) is 11.8 Å². The number of alkyl halides is 2. The van der Waals surface area contributed by atoms with Gasteiger partial charge in [-0.05, 0) is 38.0 Å². The molecule has 5 N–H and O–H groups in total. The number of carboxylic acids is 1. The molecule has 1 aromatic heterocycles. The Balaban J connectivity index is 0.000000294. The number of aromatic carboxylic acids is 1. The smallest absolute Gasteiger partial charge is 0.358 e. The first-order valence-corrected chi connectivity index (χ1v) is 16.5. The maximum Gasteiger partial charge on any atom is 0.358 e. The van der Waals surface area contributed by atoms with Gasteiger partial charge >= 0.3 is 12.0 Å². The number of hydrogen-bond acceptors (Lipinski definition) is 7. The minimum atomic E-state index is -2.69. The molecule has 2 saturated heterocycles. The van der Waals surface area contributed by atoms with Crippen molar-refractivity contribution in [2.45, 2.75) is 102 Å². The zero-order valence-corrected chi connectivity index (χ0v) is 26.4. The summed E-state index contributed by atoms with van der Waals surface area (Å²) in [6.07, 6.45) is 15.8. The second-order valence-corrected chi connectivity index (χ2v) is 12.4. The van der Waals surface area contributed by atoms with Crippen LogP contribution in [0.5, 0.6) is 5.75 Å². The van der Waals surface area contributed by atoms with Crippen molar-refractivity contribution in [3.05, 3.63) is 17.5 Å². The van der Waals surface area contributed by atoms with Gasteiger partial charge in [-0.3, -0.25) is 0 Å². The Morgan fingerprint density at radius 3 is 2.31 bits per heavy atom. The Bertz CT molecular complexity index is 971. The first kappa shape index (κ1) is 35.9. The summed E-state index contributed by atoms with van der Waals surface area (Å²) < 4.78 is 31.1. The van der Waals surface area contributed by atoms with Crippen molar-refractivity contribution < 1.29 is 28.2 Å². The van der Waals surface area contributed by atoms with Crippen LogP contribution in [0.4, 0.5) is 19.3 Å². The van der Waals surface area contributed by atoms with Crippen LogP contribution in [0.3, 0.4) is 0 Å². The third-order valence-electron chi connectivity index (χ3n) is 7.66. The molecule has 3 heterocycles. The molecule has 2 amide bonds. The Morgan fingerprint density at radius 2 is 1.79 bits per heavy atom. The molecule has 0 spiro atoms. The lowest BCUT2D eigenvalue weighted by Crippen LogP contribution is -2.57. The van der Waals surface area contributed by atoms with Crippen molar-refractivity contribution in [1.82, 2.24) is 15.6 Å². The van der Waals surface area contributed by atoms with E-state index in [1.807, 2.05) is 18.7 Å². The number of nitrogens with zero attached hydrogens (tertiary/aromatic N) is 2. The number of nitrogens with two attached hydrogens (primary N) is 1. The number of thioether (sulfide) groups is 1. The number of nitrogens with one attached hydrogen (secondary N) is 2. The van der Waals surface area contributed by atoms with Gasteiger partial charge in [0.2, 0.25) is 0 Å². The highest BCUT2D eigenvalue weighted by molar-refractivity contribution is 7.99. The molecule has 12 heteroatoms. The zero-order chi connectivity index (χ0) is 31.0. The monoisotopic (exact) mass is 615 g/mol. The summed E-state index contributed by atoms with van der Waals surface area (Å²) in [5.41, 5.74) is 6.25. The molecular formula is C30H51F2N5O4S. The van der Waals surface area contributed by atoms with Gasteiger partial charge in [-0.15, -0.1) is 0 Å². The number of rotatable bonds is 17. The standard InChI is InChI=1S/C17H35N3OS.C13H16F2N2O3/c1-2-3-4-5-6-7-8-9-12-20-17(14-19-16(18)21)11-10-13-22-15-17;1-3-4-8-9(17-6-13(14,15)7-17)5-16-10(12(18)19)11(8)20-2/h20H,2-15H2,1H3,(H3,18,19,21);5H,3-4,6-7H2,1-2H3,(H,18,19). The third-order valence-corrected chi connectivity index (χ3v) is 8.99. The van der Waals surface area contributed by atoms with Crippen molar-refractivity contribution in [1.29, 1.82) is 0 Å². The number of primary amides is 1. The van der Waals surface area contributed by atoms with Gasteiger partial charge in [0.05, 0.1) is 32.1 Å². The van der Waals surface area contributed by atoms with Crippen LogP contribution < -0.4 is 26.0 Å². The quantitative estimate of drug-likeness (QED) is 0.161. The predicted octanol–water partition coefficient (Wildman–Crippen LogP) is 5.85. The van der Waals surface area contributed by atoms with Crippen LogP contribution in [0, 0.1) is 0 Å². The average molecular weight is 616 g/mol. The number of pyridine rings is 1. The molecule has 2 fully saturated rings. The molecule has 42 heavy (non-hydrogen) atoms. The van der Waals surface area contributed by atoms with Crippen molar-refractivity contribution in [3.63, 3.8) is 0 Å². The summed E-state index contributed by atoms with van der Waals surface area (Å²) >= 11 is 1.98. The Morgan fingerprint density at radius 1 is 1.12 bits per heavy atom. The first-order chi connectivity index (χ1) is 20.1. The fourth-order valence-electron chi connectivity index (χ4n) is 5.40. The maximum absolute atomic E-state index is 13.0. The maximum atomic E-state index is 13.0. The minimum Gasteiger partial charge on any atom is -0.494 e. The van der Waals surface area contributed by atoms with Crippen molar-refractivity contribution in [3.8, 4) is 5.75 Å². The lowest BCUT2D eigenvalue weighted by atomic mass is 9.94. The lowest BCUT2D eigenvalue weighted by molar-refractivity contribution is -0.0264. The van der Waals surface area contributed by atoms with Gasteiger partial charge < -0.3 is 31.1 Å².